The summed E-state index contributed by atoms with van der Waals surface area (Å²) in [4.78, 5) is 3.36. The lowest BCUT2D eigenvalue weighted by Gasteiger charge is -2.06. The number of nitrogens with one attached hydrogen (secondary N) is 2. The second-order valence-electron chi connectivity index (χ2n) is 3.50. The summed E-state index contributed by atoms with van der Waals surface area (Å²) in [6, 6.07) is 0. The van der Waals surface area contributed by atoms with Gasteiger partial charge in [-0.15, -0.1) is 0 Å². The molecule has 0 aliphatic heterocycles. The molecule has 0 aromatic carbocycles. The molecule has 1 heterocycles. The van der Waals surface area contributed by atoms with Crippen molar-refractivity contribution in [2.75, 3.05) is 13.6 Å². The Morgan fingerprint density at radius 3 is 3.31 bits per heavy atom. The molecule has 1 aromatic heterocycles. The fourth-order valence-corrected chi connectivity index (χ4v) is 1.83. The Kier molecular flexibility index (Phi) is 2.50. The smallest absolute Gasteiger partial charge is 0.0226 e. The average molecular weight is 176 g/mol. The summed E-state index contributed by atoms with van der Waals surface area (Å²) >= 11 is 0. The Morgan fingerprint density at radius 2 is 2.46 bits per heavy atom. The molecule has 2 nitrogen and oxygen atoms in total. The highest BCUT2D eigenvalue weighted by molar-refractivity contribution is 5.58. The van der Waals surface area contributed by atoms with Crippen molar-refractivity contribution in [3.05, 3.63) is 29.1 Å². The molecule has 0 saturated heterocycles. The summed E-state index contributed by atoms with van der Waals surface area (Å²) in [5.41, 5.74) is 4.29. The monoisotopic (exact) mass is 176 g/mol. The third-order valence-electron chi connectivity index (χ3n) is 2.58. The first-order valence-corrected chi connectivity index (χ1v) is 4.92. The van der Waals surface area contributed by atoms with Crippen molar-refractivity contribution in [3.63, 3.8) is 0 Å². The van der Waals surface area contributed by atoms with Gasteiger partial charge in [-0.2, -0.15) is 0 Å². The Morgan fingerprint density at radius 1 is 1.54 bits per heavy atom. The molecule has 0 fully saturated rings. The third kappa shape index (κ3) is 1.68. The molecular formula is C11H16N2. The minimum atomic E-state index is 1.05. The molecule has 2 heteroatoms. The zero-order valence-corrected chi connectivity index (χ0v) is 8.06. The summed E-state index contributed by atoms with van der Waals surface area (Å²) in [6.07, 6.45) is 10.1. The van der Waals surface area contributed by atoms with Crippen molar-refractivity contribution in [3.8, 4) is 0 Å². The van der Waals surface area contributed by atoms with Crippen molar-refractivity contribution >= 4 is 6.08 Å². The van der Waals surface area contributed by atoms with E-state index in [4.69, 9.17) is 0 Å². The quantitative estimate of drug-likeness (QED) is 0.721. The van der Waals surface area contributed by atoms with E-state index in [2.05, 4.69) is 28.6 Å². The lowest BCUT2D eigenvalue weighted by atomic mass is 10.0. The molecular weight excluding hydrogens is 160 g/mol. The third-order valence-corrected chi connectivity index (χ3v) is 2.58. The van der Waals surface area contributed by atoms with Crippen LogP contribution in [0.1, 0.15) is 23.2 Å². The van der Waals surface area contributed by atoms with Gasteiger partial charge in [0, 0.05) is 11.9 Å². The van der Waals surface area contributed by atoms with Crippen LogP contribution < -0.4 is 5.32 Å². The highest BCUT2D eigenvalue weighted by atomic mass is 14.8. The zero-order valence-electron chi connectivity index (χ0n) is 8.06. The van der Waals surface area contributed by atoms with Gasteiger partial charge in [0.25, 0.3) is 0 Å². The highest BCUT2D eigenvalue weighted by Crippen LogP contribution is 2.22. The van der Waals surface area contributed by atoms with Gasteiger partial charge in [0.05, 0.1) is 0 Å². The van der Waals surface area contributed by atoms with Crippen LogP contribution in [0.5, 0.6) is 0 Å². The second kappa shape index (κ2) is 3.79. The Labute approximate surface area is 79.0 Å². The number of rotatable bonds is 3. The van der Waals surface area contributed by atoms with Crippen LogP contribution in [-0.2, 0) is 12.8 Å². The predicted octanol–water partition coefficient (Wildman–Crippen LogP) is 1.74. The number of allylic oxidation sites excluding steroid dienone is 1. The molecule has 1 aliphatic carbocycles. The van der Waals surface area contributed by atoms with Gasteiger partial charge in [-0.1, -0.05) is 12.2 Å². The topological polar surface area (TPSA) is 27.8 Å². The van der Waals surface area contributed by atoms with Crippen LogP contribution in [0.25, 0.3) is 6.08 Å². The Balaban J connectivity index is 2.18. The minimum Gasteiger partial charge on any atom is -0.364 e. The normalized spacial score (nSPS) is 14.5. The van der Waals surface area contributed by atoms with E-state index in [0.717, 1.165) is 13.0 Å². The van der Waals surface area contributed by atoms with Crippen LogP contribution in [0.15, 0.2) is 12.3 Å². The van der Waals surface area contributed by atoms with E-state index in [1.807, 2.05) is 7.05 Å². The molecule has 0 atom stereocenters. The Bertz CT molecular complexity index is 310. The van der Waals surface area contributed by atoms with Gasteiger partial charge in [0.2, 0.25) is 0 Å². The van der Waals surface area contributed by atoms with Gasteiger partial charge in [0.15, 0.2) is 0 Å². The van der Waals surface area contributed by atoms with E-state index < -0.39 is 0 Å². The number of H-pyrrole nitrogens is 1. The number of hydrogen-bond acceptors (Lipinski definition) is 1. The summed E-state index contributed by atoms with van der Waals surface area (Å²) < 4.78 is 0. The maximum atomic E-state index is 3.36. The molecule has 13 heavy (non-hydrogen) atoms. The number of aromatic amines is 1. The standard InChI is InChI=1S/C11H16N2/c1-12-7-6-9-8-13-11-5-3-2-4-10(9)11/h2,4,8,12-13H,3,5-7H2,1H3. The molecule has 0 unspecified atom stereocenters. The van der Waals surface area contributed by atoms with E-state index in [9.17, 15) is 0 Å². The molecule has 1 aliphatic rings. The molecule has 0 radical (unpaired) electrons. The maximum absolute atomic E-state index is 3.36. The van der Waals surface area contributed by atoms with Crippen molar-refractivity contribution in [2.45, 2.75) is 19.3 Å². The lowest BCUT2D eigenvalue weighted by Crippen LogP contribution is -2.10. The minimum absolute atomic E-state index is 1.05. The Hall–Kier alpha value is -1.02. The molecule has 1 aromatic rings. The van der Waals surface area contributed by atoms with E-state index in [1.165, 1.54) is 29.7 Å². The molecule has 0 amide bonds. The lowest BCUT2D eigenvalue weighted by molar-refractivity contribution is 0.791. The fraction of sp³-hybridized carbons (Fsp3) is 0.455. The average Bonchev–Trinajstić information content (AvgIpc) is 2.58. The molecule has 0 spiro atoms. The van der Waals surface area contributed by atoms with Gasteiger partial charge >= 0.3 is 0 Å². The highest BCUT2D eigenvalue weighted by Gasteiger charge is 2.10. The molecule has 2 N–H and O–H groups in total. The van der Waals surface area contributed by atoms with Crippen LogP contribution in [0.2, 0.25) is 0 Å². The van der Waals surface area contributed by atoms with Crippen LogP contribution in [0.3, 0.4) is 0 Å². The number of fused-ring (bicyclic) bond motifs is 1. The van der Waals surface area contributed by atoms with Gasteiger partial charge in [-0.05, 0) is 44.0 Å². The van der Waals surface area contributed by atoms with Crippen LogP contribution in [-0.4, -0.2) is 18.6 Å². The van der Waals surface area contributed by atoms with Crippen molar-refractivity contribution in [2.24, 2.45) is 0 Å². The SMILES string of the molecule is CNCCc1c[nH]c2c1C=CCC2. The van der Waals surface area contributed by atoms with Gasteiger partial charge in [0.1, 0.15) is 0 Å². The van der Waals surface area contributed by atoms with Crippen LogP contribution >= 0.6 is 0 Å². The van der Waals surface area contributed by atoms with Crippen LogP contribution in [0.4, 0.5) is 0 Å². The summed E-state index contributed by atoms with van der Waals surface area (Å²) in [5, 5.41) is 3.17. The van der Waals surface area contributed by atoms with Crippen molar-refractivity contribution < 1.29 is 0 Å². The maximum Gasteiger partial charge on any atom is 0.0226 e. The fourth-order valence-electron chi connectivity index (χ4n) is 1.83. The molecule has 70 valence electrons. The molecule has 0 saturated carbocycles. The van der Waals surface area contributed by atoms with E-state index in [-0.39, 0.29) is 0 Å². The molecule has 0 bridgehead atoms. The first-order valence-electron chi connectivity index (χ1n) is 4.92. The van der Waals surface area contributed by atoms with Crippen LogP contribution in [0, 0.1) is 0 Å². The molecule has 2 rings (SSSR count). The van der Waals surface area contributed by atoms with Gasteiger partial charge in [-0.3, -0.25) is 0 Å². The van der Waals surface area contributed by atoms with Gasteiger partial charge < -0.3 is 10.3 Å². The number of aromatic nitrogens is 1. The van der Waals surface area contributed by atoms with E-state index in [1.54, 1.807) is 0 Å². The second-order valence-corrected chi connectivity index (χ2v) is 3.50. The first kappa shape index (κ1) is 8.57. The zero-order chi connectivity index (χ0) is 9.10. The van der Waals surface area contributed by atoms with E-state index >= 15 is 0 Å². The van der Waals surface area contributed by atoms with Gasteiger partial charge in [-0.25, -0.2) is 0 Å². The number of hydrogen-bond donors (Lipinski definition) is 2. The summed E-state index contributed by atoms with van der Waals surface area (Å²) in [5.74, 6) is 0. The van der Waals surface area contributed by atoms with Crippen molar-refractivity contribution in [1.82, 2.24) is 10.3 Å². The van der Waals surface area contributed by atoms with E-state index in [0.29, 0.717) is 0 Å². The summed E-state index contributed by atoms with van der Waals surface area (Å²) in [7, 11) is 1.99. The van der Waals surface area contributed by atoms with Crippen molar-refractivity contribution in [1.29, 1.82) is 0 Å². The number of aryl methyl sites for hydroxylation is 1. The number of likely N-dealkylation sites (N-methyl/N-ethyl adjacent to an activating group) is 1. The predicted molar refractivity (Wildman–Crippen MR) is 55.8 cm³/mol. The first-order chi connectivity index (χ1) is 6.42. The summed E-state index contributed by atoms with van der Waals surface area (Å²) in [6.45, 7) is 1.05. The largest absolute Gasteiger partial charge is 0.364 e.